The summed E-state index contributed by atoms with van der Waals surface area (Å²) >= 11 is 13.4. The number of amides is 1. The number of piperidine rings is 1. The van der Waals surface area contributed by atoms with Gasteiger partial charge in [0.1, 0.15) is 17.4 Å². The Morgan fingerprint density at radius 3 is 2.62 bits per heavy atom. The summed E-state index contributed by atoms with van der Waals surface area (Å²) in [5, 5.41) is 3.81. The number of carbonyl (C=O) groups excluding carboxylic acids is 1. The van der Waals surface area contributed by atoms with Crippen LogP contribution in [-0.4, -0.2) is 35.7 Å². The molecule has 0 N–H and O–H groups in total. The Labute approximate surface area is 166 Å². The van der Waals surface area contributed by atoms with E-state index < -0.39 is 0 Å². The average Bonchev–Trinajstić information content (AvgIpc) is 3.13. The molecule has 0 saturated carbocycles. The maximum absolute atomic E-state index is 12.1. The number of hydrogen-bond acceptors (Lipinski definition) is 5. The van der Waals surface area contributed by atoms with Crippen molar-refractivity contribution in [3.8, 4) is 5.75 Å². The molecule has 0 spiro atoms. The first-order valence-corrected chi connectivity index (χ1v) is 10.1. The Morgan fingerprint density at radius 2 is 1.96 bits per heavy atom. The van der Waals surface area contributed by atoms with Gasteiger partial charge in [-0.2, -0.15) is 0 Å². The first-order valence-electron chi connectivity index (χ1n) is 8.49. The number of hydrogen-bond donors (Lipinski definition) is 0. The van der Waals surface area contributed by atoms with Crippen molar-refractivity contribution in [1.29, 1.82) is 0 Å². The second-order valence-electron chi connectivity index (χ2n) is 6.15. The van der Waals surface area contributed by atoms with Crippen LogP contribution in [0.1, 0.15) is 24.3 Å². The van der Waals surface area contributed by atoms with E-state index in [4.69, 9.17) is 32.7 Å². The highest BCUT2D eigenvalue weighted by Crippen LogP contribution is 2.26. The van der Waals surface area contributed by atoms with Crippen LogP contribution in [0.4, 0.5) is 4.79 Å². The van der Waals surface area contributed by atoms with Gasteiger partial charge in [-0.3, -0.25) is 0 Å². The summed E-state index contributed by atoms with van der Waals surface area (Å²) in [4.78, 5) is 18.0. The first kappa shape index (κ1) is 19.3. The van der Waals surface area contributed by atoms with E-state index in [9.17, 15) is 4.79 Å². The van der Waals surface area contributed by atoms with Gasteiger partial charge in [0, 0.05) is 34.7 Å². The van der Waals surface area contributed by atoms with E-state index in [-0.39, 0.29) is 12.7 Å². The maximum atomic E-state index is 12.1. The van der Waals surface area contributed by atoms with Crippen molar-refractivity contribution in [2.75, 3.05) is 19.7 Å². The highest BCUT2D eigenvalue weighted by atomic mass is 35.5. The highest BCUT2D eigenvalue weighted by molar-refractivity contribution is 7.09. The molecule has 0 radical (unpaired) electrons. The molecule has 1 aromatic carbocycles. The third-order valence-electron chi connectivity index (χ3n) is 4.31. The van der Waals surface area contributed by atoms with Crippen LogP contribution in [0.3, 0.4) is 0 Å². The molecule has 26 heavy (non-hydrogen) atoms. The van der Waals surface area contributed by atoms with E-state index in [1.165, 1.54) is 11.3 Å². The third-order valence-corrected chi connectivity index (χ3v) is 5.50. The summed E-state index contributed by atoms with van der Waals surface area (Å²) < 4.78 is 11.1. The topological polar surface area (TPSA) is 51.7 Å². The van der Waals surface area contributed by atoms with E-state index in [0.717, 1.165) is 24.3 Å². The molecule has 2 heterocycles. The van der Waals surface area contributed by atoms with Crippen LogP contribution < -0.4 is 4.74 Å². The van der Waals surface area contributed by atoms with Crippen molar-refractivity contribution in [1.82, 2.24) is 9.88 Å². The molecular formula is C18H20Cl2N2O3S. The minimum atomic E-state index is -0.261. The van der Waals surface area contributed by atoms with Crippen LogP contribution in [-0.2, 0) is 11.3 Å². The van der Waals surface area contributed by atoms with Crippen molar-refractivity contribution < 1.29 is 14.3 Å². The third kappa shape index (κ3) is 5.76. The lowest BCUT2D eigenvalue weighted by atomic mass is 9.94. The standard InChI is InChI=1S/C18H20Cl2N2O3S/c19-14-9-15(20)11-16(10-14)24-7-3-13-1-5-22(6-2-13)18(23)25-12-17-21-4-8-26-17/h4,8-11,13H,1-3,5-7,12H2. The van der Waals surface area contributed by atoms with E-state index in [0.29, 0.717) is 41.4 Å². The lowest BCUT2D eigenvalue weighted by molar-refractivity contribution is 0.0799. The van der Waals surface area contributed by atoms with Gasteiger partial charge in [0.15, 0.2) is 0 Å². The molecular weight excluding hydrogens is 395 g/mol. The number of rotatable bonds is 6. The molecule has 1 saturated heterocycles. The predicted octanol–water partition coefficient (Wildman–Crippen LogP) is 5.27. The van der Waals surface area contributed by atoms with Crippen LogP contribution in [0.5, 0.6) is 5.75 Å². The molecule has 3 rings (SSSR count). The number of carbonyl (C=O) groups is 1. The first-order chi connectivity index (χ1) is 12.6. The quantitative estimate of drug-likeness (QED) is 0.645. The fourth-order valence-corrected chi connectivity index (χ4v) is 3.93. The fraction of sp³-hybridized carbons (Fsp3) is 0.444. The van der Waals surface area contributed by atoms with E-state index in [1.807, 2.05) is 5.38 Å². The smallest absolute Gasteiger partial charge is 0.410 e. The zero-order chi connectivity index (χ0) is 18.4. The molecule has 1 aromatic heterocycles. The van der Waals surface area contributed by atoms with Crippen molar-refractivity contribution in [3.05, 3.63) is 44.8 Å². The molecule has 2 aromatic rings. The van der Waals surface area contributed by atoms with Crippen LogP contribution >= 0.6 is 34.5 Å². The van der Waals surface area contributed by atoms with E-state index >= 15 is 0 Å². The van der Waals surface area contributed by atoms with Crippen molar-refractivity contribution >= 4 is 40.6 Å². The van der Waals surface area contributed by atoms with Crippen molar-refractivity contribution in [2.45, 2.75) is 25.9 Å². The molecule has 1 aliphatic heterocycles. The van der Waals surface area contributed by atoms with Gasteiger partial charge in [-0.25, -0.2) is 9.78 Å². The molecule has 1 fully saturated rings. The van der Waals surface area contributed by atoms with Crippen LogP contribution in [0, 0.1) is 5.92 Å². The van der Waals surface area contributed by atoms with Crippen molar-refractivity contribution in [3.63, 3.8) is 0 Å². The molecule has 0 aliphatic carbocycles. The molecule has 1 amide bonds. The van der Waals surface area contributed by atoms with E-state index in [2.05, 4.69) is 4.98 Å². The normalized spacial score (nSPS) is 15.1. The van der Waals surface area contributed by atoms with Crippen LogP contribution in [0.25, 0.3) is 0 Å². The summed E-state index contributed by atoms with van der Waals surface area (Å²) in [6.45, 7) is 2.27. The monoisotopic (exact) mass is 414 g/mol. The molecule has 0 bridgehead atoms. The summed E-state index contributed by atoms with van der Waals surface area (Å²) in [5.74, 6) is 1.22. The minimum Gasteiger partial charge on any atom is -0.493 e. The number of aromatic nitrogens is 1. The van der Waals surface area contributed by atoms with Gasteiger partial charge in [-0.1, -0.05) is 23.2 Å². The summed E-state index contributed by atoms with van der Waals surface area (Å²) in [6.07, 6.45) is 4.28. The highest BCUT2D eigenvalue weighted by Gasteiger charge is 2.23. The van der Waals surface area contributed by atoms with Gasteiger partial charge in [-0.15, -0.1) is 11.3 Å². The Balaban J connectivity index is 1.35. The van der Waals surface area contributed by atoms with Crippen molar-refractivity contribution in [2.24, 2.45) is 5.92 Å². The zero-order valence-electron chi connectivity index (χ0n) is 14.2. The van der Waals surface area contributed by atoms with Gasteiger partial charge in [-0.05, 0) is 43.4 Å². The molecule has 8 heteroatoms. The number of thiazole rings is 1. The molecule has 1 aliphatic rings. The number of ether oxygens (including phenoxy) is 2. The van der Waals surface area contributed by atoms with E-state index in [1.54, 1.807) is 29.3 Å². The zero-order valence-corrected chi connectivity index (χ0v) is 16.5. The van der Waals surface area contributed by atoms with Gasteiger partial charge in [0.2, 0.25) is 0 Å². The Kier molecular flexibility index (Phi) is 7.00. The lowest BCUT2D eigenvalue weighted by Crippen LogP contribution is -2.39. The number of halogens is 2. The van der Waals surface area contributed by atoms with Gasteiger partial charge in [0.05, 0.1) is 6.61 Å². The van der Waals surface area contributed by atoms with Gasteiger partial charge in [0.25, 0.3) is 0 Å². The van der Waals surface area contributed by atoms with Gasteiger partial charge < -0.3 is 14.4 Å². The van der Waals surface area contributed by atoms with Gasteiger partial charge >= 0.3 is 6.09 Å². The van der Waals surface area contributed by atoms with Crippen LogP contribution in [0.2, 0.25) is 10.0 Å². The minimum absolute atomic E-state index is 0.243. The number of benzene rings is 1. The second kappa shape index (κ2) is 9.44. The Bertz CT molecular complexity index is 699. The summed E-state index contributed by atoms with van der Waals surface area (Å²) in [5.41, 5.74) is 0. The predicted molar refractivity (Wildman–Crippen MR) is 103 cm³/mol. The number of nitrogens with zero attached hydrogens (tertiary/aromatic N) is 2. The second-order valence-corrected chi connectivity index (χ2v) is 8.01. The SMILES string of the molecule is O=C(OCc1nccs1)N1CCC(CCOc2cc(Cl)cc(Cl)c2)CC1. The molecule has 5 nitrogen and oxygen atoms in total. The number of likely N-dealkylation sites (tertiary alicyclic amines) is 1. The Hall–Kier alpha value is -1.50. The molecule has 0 atom stereocenters. The summed E-state index contributed by atoms with van der Waals surface area (Å²) in [6, 6.07) is 5.20. The fourth-order valence-electron chi connectivity index (χ4n) is 2.90. The maximum Gasteiger partial charge on any atom is 0.410 e. The average molecular weight is 415 g/mol. The molecule has 0 unspecified atom stereocenters. The largest absolute Gasteiger partial charge is 0.493 e. The van der Waals surface area contributed by atoms with Crippen LogP contribution in [0.15, 0.2) is 29.8 Å². The summed E-state index contributed by atoms with van der Waals surface area (Å²) in [7, 11) is 0. The lowest BCUT2D eigenvalue weighted by Gasteiger charge is -2.31. The molecule has 140 valence electrons. The Morgan fingerprint density at radius 1 is 1.23 bits per heavy atom.